The van der Waals surface area contributed by atoms with E-state index in [2.05, 4.69) is 10.4 Å². The second-order valence-electron chi connectivity index (χ2n) is 8.35. The van der Waals surface area contributed by atoms with Crippen LogP contribution in [-0.4, -0.2) is 47.7 Å². The number of nitrogens with one attached hydrogen (secondary N) is 1. The number of ether oxygens (including phenoxy) is 1. The van der Waals surface area contributed by atoms with Gasteiger partial charge in [0.05, 0.1) is 51.9 Å². The molecule has 0 radical (unpaired) electrons. The van der Waals surface area contributed by atoms with E-state index >= 15 is 0 Å². The van der Waals surface area contributed by atoms with Gasteiger partial charge in [-0.3, -0.25) is 4.79 Å². The van der Waals surface area contributed by atoms with Gasteiger partial charge in [0.25, 0.3) is 5.91 Å². The van der Waals surface area contributed by atoms with Gasteiger partial charge < -0.3 is 10.1 Å². The van der Waals surface area contributed by atoms with E-state index in [0.717, 1.165) is 16.2 Å². The molecule has 10 heteroatoms. The van der Waals surface area contributed by atoms with Crippen molar-refractivity contribution in [3.63, 3.8) is 0 Å². The van der Waals surface area contributed by atoms with E-state index in [1.807, 2.05) is 48.7 Å². The van der Waals surface area contributed by atoms with Gasteiger partial charge in [0, 0.05) is 6.54 Å². The lowest BCUT2D eigenvalue weighted by Gasteiger charge is -2.12. The van der Waals surface area contributed by atoms with E-state index in [1.54, 1.807) is 17.9 Å². The number of hydrogen-bond donors (Lipinski definition) is 1. The fourth-order valence-corrected chi connectivity index (χ4v) is 6.70. The summed E-state index contributed by atoms with van der Waals surface area (Å²) in [6.45, 7) is 2.16. The number of thiophene rings is 1. The molecule has 1 N–H and O–H groups in total. The Morgan fingerprint density at radius 3 is 2.82 bits per heavy atom. The summed E-state index contributed by atoms with van der Waals surface area (Å²) in [6, 6.07) is 12.9. The van der Waals surface area contributed by atoms with Crippen LogP contribution in [0.4, 0.5) is 0 Å². The number of aryl methyl sites for hydroxylation is 1. The molecule has 0 spiro atoms. The quantitative estimate of drug-likeness (QED) is 0.436. The number of sulfone groups is 1. The standard InChI is InChI=1S/C24H24N4O4S2/c1-15-22-19(24(29)25-13-16-5-3-6-18(11-16)32-2)12-20(21-7-4-9-33-21)26-23(22)28(27-15)17-8-10-34(30,31)14-17/h3-7,9,11-12,17H,8,10,13-14H2,1-2H3,(H,25,29). The first-order chi connectivity index (χ1) is 16.3. The lowest BCUT2D eigenvalue weighted by molar-refractivity contribution is 0.0952. The van der Waals surface area contributed by atoms with Crippen LogP contribution in [0.1, 0.15) is 34.1 Å². The third kappa shape index (κ3) is 4.30. The maximum Gasteiger partial charge on any atom is 0.252 e. The largest absolute Gasteiger partial charge is 0.497 e. The van der Waals surface area contributed by atoms with Crippen molar-refractivity contribution in [3.05, 3.63) is 64.7 Å². The average molecular weight is 497 g/mol. The zero-order valence-electron chi connectivity index (χ0n) is 18.8. The average Bonchev–Trinajstić information content (AvgIpc) is 3.56. The number of aromatic nitrogens is 3. The zero-order chi connectivity index (χ0) is 23.9. The molecule has 1 atom stereocenters. The van der Waals surface area contributed by atoms with Crippen molar-refractivity contribution in [2.45, 2.75) is 25.9 Å². The molecule has 0 saturated carbocycles. The van der Waals surface area contributed by atoms with Gasteiger partial charge in [0.15, 0.2) is 15.5 Å². The Balaban J connectivity index is 1.56. The molecule has 1 aliphatic rings. The number of rotatable bonds is 6. The molecule has 1 unspecified atom stereocenters. The lowest BCUT2D eigenvalue weighted by Crippen LogP contribution is -2.23. The lowest BCUT2D eigenvalue weighted by atomic mass is 10.1. The monoisotopic (exact) mass is 496 g/mol. The molecule has 3 aromatic heterocycles. The van der Waals surface area contributed by atoms with Crippen molar-refractivity contribution in [2.24, 2.45) is 0 Å². The summed E-state index contributed by atoms with van der Waals surface area (Å²) in [5.41, 5.74) is 3.24. The number of hydrogen-bond acceptors (Lipinski definition) is 7. The molecule has 0 bridgehead atoms. The Hall–Kier alpha value is -3.24. The molecule has 4 heterocycles. The van der Waals surface area contributed by atoms with Crippen molar-refractivity contribution in [2.75, 3.05) is 18.6 Å². The molecule has 8 nitrogen and oxygen atoms in total. The Morgan fingerprint density at radius 1 is 1.26 bits per heavy atom. The summed E-state index contributed by atoms with van der Waals surface area (Å²) in [5, 5.41) is 10.2. The highest BCUT2D eigenvalue weighted by molar-refractivity contribution is 7.91. The minimum absolute atomic E-state index is 0.0332. The molecule has 176 valence electrons. The Bertz CT molecular complexity index is 1480. The van der Waals surface area contributed by atoms with Gasteiger partial charge in [-0.25, -0.2) is 18.1 Å². The predicted molar refractivity (Wildman–Crippen MR) is 132 cm³/mol. The van der Waals surface area contributed by atoms with E-state index < -0.39 is 9.84 Å². The van der Waals surface area contributed by atoms with Gasteiger partial charge in [-0.2, -0.15) is 5.10 Å². The number of carbonyl (C=O) groups excluding carboxylic acids is 1. The van der Waals surface area contributed by atoms with Crippen LogP contribution >= 0.6 is 11.3 Å². The number of methoxy groups -OCH3 is 1. The highest BCUT2D eigenvalue weighted by Crippen LogP contribution is 2.33. The van der Waals surface area contributed by atoms with E-state index in [0.29, 0.717) is 41.0 Å². The molecule has 1 aliphatic heterocycles. The van der Waals surface area contributed by atoms with Crippen molar-refractivity contribution in [1.82, 2.24) is 20.1 Å². The number of benzene rings is 1. The van der Waals surface area contributed by atoms with E-state index in [-0.39, 0.29) is 23.5 Å². The summed E-state index contributed by atoms with van der Waals surface area (Å²) in [7, 11) is -1.50. The third-order valence-electron chi connectivity index (χ3n) is 6.00. The van der Waals surface area contributed by atoms with Crippen molar-refractivity contribution < 1.29 is 17.9 Å². The van der Waals surface area contributed by atoms with Crippen LogP contribution < -0.4 is 10.1 Å². The number of amides is 1. The second-order valence-corrected chi connectivity index (χ2v) is 11.5. The fraction of sp³-hybridized carbons (Fsp3) is 0.292. The summed E-state index contributed by atoms with van der Waals surface area (Å²) < 4.78 is 31.2. The van der Waals surface area contributed by atoms with Crippen LogP contribution in [-0.2, 0) is 16.4 Å². The van der Waals surface area contributed by atoms with Crippen LogP contribution in [0.2, 0.25) is 0 Å². The maximum absolute atomic E-state index is 13.4. The zero-order valence-corrected chi connectivity index (χ0v) is 20.4. The van der Waals surface area contributed by atoms with Crippen LogP contribution in [0.3, 0.4) is 0 Å². The topological polar surface area (TPSA) is 103 Å². The van der Waals surface area contributed by atoms with Crippen LogP contribution in [0.25, 0.3) is 21.6 Å². The maximum atomic E-state index is 13.4. The number of fused-ring (bicyclic) bond motifs is 1. The van der Waals surface area contributed by atoms with Gasteiger partial charge in [0.1, 0.15) is 5.75 Å². The molecular weight excluding hydrogens is 472 g/mol. The summed E-state index contributed by atoms with van der Waals surface area (Å²) in [4.78, 5) is 19.2. The van der Waals surface area contributed by atoms with Crippen LogP contribution in [0, 0.1) is 6.92 Å². The molecular formula is C24H24N4O4S2. The van der Waals surface area contributed by atoms with Crippen LogP contribution in [0.5, 0.6) is 5.75 Å². The SMILES string of the molecule is COc1cccc(CNC(=O)c2cc(-c3cccs3)nc3c2c(C)nn3C2CCS(=O)(=O)C2)c1. The minimum atomic E-state index is -3.10. The smallest absolute Gasteiger partial charge is 0.252 e. The number of pyridine rings is 1. The molecule has 1 saturated heterocycles. The number of nitrogens with zero attached hydrogens (tertiary/aromatic N) is 3. The molecule has 0 aliphatic carbocycles. The fourth-order valence-electron chi connectivity index (χ4n) is 4.33. The molecule has 1 fully saturated rings. The third-order valence-corrected chi connectivity index (χ3v) is 8.64. The van der Waals surface area contributed by atoms with Gasteiger partial charge in [-0.05, 0) is 48.6 Å². The van der Waals surface area contributed by atoms with Crippen LogP contribution in [0.15, 0.2) is 47.8 Å². The highest BCUT2D eigenvalue weighted by Gasteiger charge is 2.32. The van der Waals surface area contributed by atoms with E-state index in [4.69, 9.17) is 9.72 Å². The van der Waals surface area contributed by atoms with Crippen molar-refractivity contribution in [1.29, 1.82) is 0 Å². The van der Waals surface area contributed by atoms with E-state index in [9.17, 15) is 13.2 Å². The van der Waals surface area contributed by atoms with Gasteiger partial charge in [-0.1, -0.05) is 18.2 Å². The van der Waals surface area contributed by atoms with Gasteiger partial charge in [-0.15, -0.1) is 11.3 Å². The van der Waals surface area contributed by atoms with Crippen molar-refractivity contribution >= 4 is 38.1 Å². The summed E-state index contributed by atoms with van der Waals surface area (Å²) >= 11 is 1.53. The van der Waals surface area contributed by atoms with Gasteiger partial charge in [0.2, 0.25) is 0 Å². The Labute approximate surface area is 201 Å². The normalized spacial score (nSPS) is 17.2. The second kappa shape index (κ2) is 8.84. The Kier molecular flexibility index (Phi) is 5.86. The van der Waals surface area contributed by atoms with Crippen molar-refractivity contribution in [3.8, 4) is 16.3 Å². The molecule has 5 rings (SSSR count). The molecule has 34 heavy (non-hydrogen) atoms. The Morgan fingerprint density at radius 2 is 2.12 bits per heavy atom. The van der Waals surface area contributed by atoms with Gasteiger partial charge >= 0.3 is 0 Å². The predicted octanol–water partition coefficient (Wildman–Crippen LogP) is 3.77. The molecule has 1 aromatic carbocycles. The summed E-state index contributed by atoms with van der Waals surface area (Å²) in [6.07, 6.45) is 0.487. The highest BCUT2D eigenvalue weighted by atomic mass is 32.2. The molecule has 1 amide bonds. The minimum Gasteiger partial charge on any atom is -0.497 e. The first-order valence-corrected chi connectivity index (χ1v) is 13.6. The first-order valence-electron chi connectivity index (χ1n) is 10.9. The molecule has 4 aromatic rings. The number of carbonyl (C=O) groups is 1. The first kappa shape index (κ1) is 22.5. The summed E-state index contributed by atoms with van der Waals surface area (Å²) in [5.74, 6) is 0.651. The van der Waals surface area contributed by atoms with E-state index in [1.165, 1.54) is 11.3 Å².